The van der Waals surface area contributed by atoms with E-state index in [0.717, 1.165) is 11.4 Å². The van der Waals surface area contributed by atoms with Crippen LogP contribution in [0, 0.1) is 5.82 Å². The molecule has 1 saturated heterocycles. The third-order valence-corrected chi connectivity index (χ3v) is 7.68. The Hall–Kier alpha value is -4.27. The van der Waals surface area contributed by atoms with Gasteiger partial charge >= 0.3 is 0 Å². The number of piperazine rings is 1. The third-order valence-electron chi connectivity index (χ3n) is 7.68. The van der Waals surface area contributed by atoms with Gasteiger partial charge in [-0.2, -0.15) is 0 Å². The lowest BCUT2D eigenvalue weighted by atomic mass is 9.78. The number of hydrogen-bond donors (Lipinski definition) is 0. The van der Waals surface area contributed by atoms with Crippen LogP contribution in [0.5, 0.6) is 17.2 Å². The van der Waals surface area contributed by atoms with E-state index in [4.69, 9.17) is 14.2 Å². The molecule has 2 amide bonds. The molecule has 3 aromatic carbocycles. The van der Waals surface area contributed by atoms with Crippen molar-refractivity contribution in [2.45, 2.75) is 12.0 Å². The molecule has 39 heavy (non-hydrogen) atoms. The zero-order valence-corrected chi connectivity index (χ0v) is 22.5. The molecule has 0 radical (unpaired) electrons. The lowest BCUT2D eigenvalue weighted by Gasteiger charge is -2.43. The maximum absolute atomic E-state index is 15.2. The summed E-state index contributed by atoms with van der Waals surface area (Å²) in [4.78, 5) is 33.3. The van der Waals surface area contributed by atoms with Crippen LogP contribution in [0.15, 0.2) is 60.7 Å². The summed E-state index contributed by atoms with van der Waals surface area (Å²) in [5.41, 5.74) is 2.11. The summed E-state index contributed by atoms with van der Waals surface area (Å²) in [6.07, 6.45) is 0. The van der Waals surface area contributed by atoms with Crippen molar-refractivity contribution < 1.29 is 28.2 Å². The van der Waals surface area contributed by atoms with E-state index in [-0.39, 0.29) is 11.8 Å². The number of nitrogens with zero attached hydrogens (tertiary/aromatic N) is 3. The summed E-state index contributed by atoms with van der Waals surface area (Å²) in [7, 11) is 6.25. The average molecular weight is 534 g/mol. The van der Waals surface area contributed by atoms with E-state index in [1.165, 1.54) is 25.2 Å². The van der Waals surface area contributed by atoms with Crippen molar-refractivity contribution in [2.24, 2.45) is 0 Å². The minimum absolute atomic E-state index is 0.171. The number of halogens is 1. The second-order valence-corrected chi connectivity index (χ2v) is 9.64. The number of amides is 2. The second-order valence-electron chi connectivity index (χ2n) is 9.64. The highest BCUT2D eigenvalue weighted by Crippen LogP contribution is 2.47. The predicted octanol–water partition coefficient (Wildman–Crippen LogP) is 4.11. The molecule has 204 valence electrons. The van der Waals surface area contributed by atoms with Gasteiger partial charge in [0.2, 0.25) is 5.91 Å². The van der Waals surface area contributed by atoms with Gasteiger partial charge in [0.15, 0.2) is 11.5 Å². The van der Waals surface area contributed by atoms with E-state index < -0.39 is 17.8 Å². The molecule has 2 heterocycles. The fraction of sp³-hybridized carbons (Fsp3) is 0.333. The van der Waals surface area contributed by atoms with Gasteiger partial charge in [-0.3, -0.25) is 9.59 Å². The van der Waals surface area contributed by atoms with Crippen LogP contribution in [0.2, 0.25) is 0 Å². The molecule has 0 aliphatic carbocycles. The average Bonchev–Trinajstić information content (AvgIpc) is 2.98. The highest BCUT2D eigenvalue weighted by atomic mass is 19.1. The van der Waals surface area contributed by atoms with Crippen LogP contribution in [0.25, 0.3) is 0 Å². The SMILES string of the molecule is COc1cc2c(cc1OC)[C@@H](C(=O)N1CCN(c3ccccc3OC)CC1)[C@@H](c1ccccc1F)N(C)C2=O. The van der Waals surface area contributed by atoms with Gasteiger partial charge in [-0.15, -0.1) is 0 Å². The predicted molar refractivity (Wildman–Crippen MR) is 145 cm³/mol. The smallest absolute Gasteiger partial charge is 0.254 e. The van der Waals surface area contributed by atoms with E-state index >= 15 is 4.39 Å². The highest BCUT2D eigenvalue weighted by molar-refractivity contribution is 6.02. The van der Waals surface area contributed by atoms with Gasteiger partial charge in [0, 0.05) is 44.4 Å². The van der Waals surface area contributed by atoms with Crippen LogP contribution >= 0.6 is 0 Å². The molecule has 3 aromatic rings. The van der Waals surface area contributed by atoms with Crippen LogP contribution in [0.4, 0.5) is 10.1 Å². The molecule has 0 N–H and O–H groups in total. The Morgan fingerprint density at radius 2 is 1.44 bits per heavy atom. The second kappa shape index (κ2) is 10.8. The van der Waals surface area contributed by atoms with Gasteiger partial charge in [0.1, 0.15) is 11.6 Å². The maximum atomic E-state index is 15.2. The number of benzene rings is 3. The molecule has 0 saturated carbocycles. The van der Waals surface area contributed by atoms with Crippen molar-refractivity contribution in [3.63, 3.8) is 0 Å². The minimum Gasteiger partial charge on any atom is -0.495 e. The van der Waals surface area contributed by atoms with E-state index in [1.54, 1.807) is 49.4 Å². The molecule has 0 unspecified atom stereocenters. The molecular weight excluding hydrogens is 501 g/mol. The van der Waals surface area contributed by atoms with Crippen molar-refractivity contribution in [1.82, 2.24) is 9.80 Å². The quantitative estimate of drug-likeness (QED) is 0.475. The van der Waals surface area contributed by atoms with Crippen LogP contribution in [-0.2, 0) is 4.79 Å². The number of hydrogen-bond acceptors (Lipinski definition) is 6. The molecule has 5 rings (SSSR count). The molecular formula is C30H32FN3O5. The summed E-state index contributed by atoms with van der Waals surface area (Å²) in [6.45, 7) is 2.16. The lowest BCUT2D eigenvalue weighted by Crippen LogP contribution is -2.53. The van der Waals surface area contributed by atoms with Crippen LogP contribution in [-0.4, -0.2) is 76.2 Å². The molecule has 2 aliphatic heterocycles. The molecule has 0 aromatic heterocycles. The van der Waals surface area contributed by atoms with Crippen LogP contribution in [0.3, 0.4) is 0 Å². The Morgan fingerprint density at radius 3 is 2.10 bits per heavy atom. The standard InChI is InChI=1S/C30H32FN3O5/c1-32-28(19-9-5-6-10-22(19)31)27(20-17-25(38-3)26(39-4)18-21(20)29(32)35)30(36)34-15-13-33(14-16-34)23-11-7-8-12-24(23)37-2/h5-12,17-18,27-28H,13-16H2,1-4H3/t27-,28-/m1/s1. The van der Waals surface area contributed by atoms with Crippen LogP contribution < -0.4 is 19.1 Å². The minimum atomic E-state index is -0.836. The van der Waals surface area contributed by atoms with Gasteiger partial charge in [0.25, 0.3) is 5.91 Å². The Bertz CT molecular complexity index is 1390. The van der Waals surface area contributed by atoms with Crippen molar-refractivity contribution in [2.75, 3.05) is 59.5 Å². The summed E-state index contributed by atoms with van der Waals surface area (Å²) in [5, 5.41) is 0. The first-order chi connectivity index (χ1) is 18.9. The fourth-order valence-corrected chi connectivity index (χ4v) is 5.67. The number of rotatable bonds is 6. The molecule has 1 fully saturated rings. The van der Waals surface area contributed by atoms with Gasteiger partial charge in [-0.1, -0.05) is 30.3 Å². The first kappa shape index (κ1) is 26.3. The van der Waals surface area contributed by atoms with Crippen LogP contribution in [0.1, 0.15) is 33.4 Å². The van der Waals surface area contributed by atoms with Crippen molar-refractivity contribution >= 4 is 17.5 Å². The molecule has 9 heteroatoms. The van der Waals surface area contributed by atoms with E-state index in [1.807, 2.05) is 24.3 Å². The highest BCUT2D eigenvalue weighted by Gasteiger charge is 2.46. The molecule has 2 atom stereocenters. The number of methoxy groups -OCH3 is 3. The molecule has 0 spiro atoms. The maximum Gasteiger partial charge on any atom is 0.254 e. The van der Waals surface area contributed by atoms with Crippen molar-refractivity contribution in [3.05, 3.63) is 83.2 Å². The Morgan fingerprint density at radius 1 is 0.821 bits per heavy atom. The van der Waals surface area contributed by atoms with Gasteiger partial charge < -0.3 is 28.9 Å². The first-order valence-electron chi connectivity index (χ1n) is 12.8. The summed E-state index contributed by atoms with van der Waals surface area (Å²) < 4.78 is 31.7. The summed E-state index contributed by atoms with van der Waals surface area (Å²) in [6, 6.07) is 16.6. The molecule has 8 nitrogen and oxygen atoms in total. The van der Waals surface area contributed by atoms with E-state index in [2.05, 4.69) is 4.90 Å². The number of ether oxygens (including phenoxy) is 3. The van der Waals surface area contributed by atoms with Crippen molar-refractivity contribution in [1.29, 1.82) is 0 Å². The van der Waals surface area contributed by atoms with E-state index in [9.17, 15) is 9.59 Å². The number of fused-ring (bicyclic) bond motifs is 1. The summed E-state index contributed by atoms with van der Waals surface area (Å²) in [5.74, 6) is -0.222. The Kier molecular flexibility index (Phi) is 7.32. The number of anilines is 1. The van der Waals surface area contributed by atoms with Gasteiger partial charge in [0.05, 0.1) is 39.0 Å². The fourth-order valence-electron chi connectivity index (χ4n) is 5.67. The van der Waals surface area contributed by atoms with E-state index in [0.29, 0.717) is 54.4 Å². The zero-order chi connectivity index (χ0) is 27.7. The largest absolute Gasteiger partial charge is 0.495 e. The Balaban J connectivity index is 1.54. The topological polar surface area (TPSA) is 71.6 Å². The normalized spacial score (nSPS) is 19.0. The first-order valence-corrected chi connectivity index (χ1v) is 12.8. The number of likely N-dealkylation sites (N-methyl/N-ethyl adjacent to an activating group) is 1. The van der Waals surface area contributed by atoms with Gasteiger partial charge in [-0.05, 0) is 35.9 Å². The third kappa shape index (κ3) is 4.62. The summed E-state index contributed by atoms with van der Waals surface area (Å²) >= 11 is 0. The molecule has 0 bridgehead atoms. The zero-order valence-electron chi connectivity index (χ0n) is 22.5. The lowest BCUT2D eigenvalue weighted by molar-refractivity contribution is -0.134. The monoisotopic (exact) mass is 533 g/mol. The number of para-hydroxylation sites is 2. The molecule has 2 aliphatic rings. The van der Waals surface area contributed by atoms with Crippen molar-refractivity contribution in [3.8, 4) is 17.2 Å². The van der Waals surface area contributed by atoms with Gasteiger partial charge in [-0.25, -0.2) is 4.39 Å². The Labute approximate surface area is 227 Å². The number of carbonyl (C=O) groups is 2. The number of carbonyl (C=O) groups excluding carboxylic acids is 2.